The summed E-state index contributed by atoms with van der Waals surface area (Å²) in [4.78, 5) is 4.29. The van der Waals surface area contributed by atoms with Gasteiger partial charge in [0.05, 0.1) is 11.1 Å². The van der Waals surface area contributed by atoms with Crippen molar-refractivity contribution in [3.63, 3.8) is 0 Å². The first kappa shape index (κ1) is 12.4. The van der Waals surface area contributed by atoms with Crippen LogP contribution in [0.1, 0.15) is 12.8 Å². The Morgan fingerprint density at radius 2 is 2.11 bits per heavy atom. The zero-order chi connectivity index (χ0) is 13.1. The number of benzene rings is 1. The quantitative estimate of drug-likeness (QED) is 0.886. The lowest BCUT2D eigenvalue weighted by molar-refractivity contribution is -0.0543. The summed E-state index contributed by atoms with van der Waals surface area (Å²) in [7, 11) is 0. The van der Waals surface area contributed by atoms with Gasteiger partial charge in [0.2, 0.25) is 0 Å². The van der Waals surface area contributed by atoms with Crippen LogP contribution in [0.4, 0.5) is 5.69 Å². The fourth-order valence-electron chi connectivity index (χ4n) is 2.38. The molecule has 0 spiro atoms. The highest BCUT2D eigenvalue weighted by Gasteiger charge is 2.29. The SMILES string of the molecule is OC1(CNc2ccc3ncccc3c2)CCOCC1. The molecule has 1 aromatic carbocycles. The number of aromatic nitrogens is 1. The van der Waals surface area contributed by atoms with Gasteiger partial charge in [-0.15, -0.1) is 0 Å². The number of hydrogen-bond donors (Lipinski definition) is 2. The molecule has 0 saturated carbocycles. The Morgan fingerprint density at radius 1 is 1.26 bits per heavy atom. The highest BCUT2D eigenvalue weighted by Crippen LogP contribution is 2.22. The highest BCUT2D eigenvalue weighted by atomic mass is 16.5. The number of ether oxygens (including phenoxy) is 1. The van der Waals surface area contributed by atoms with Crippen LogP contribution in [-0.2, 0) is 4.74 Å². The molecule has 2 heterocycles. The molecule has 19 heavy (non-hydrogen) atoms. The van der Waals surface area contributed by atoms with Crippen molar-refractivity contribution in [3.8, 4) is 0 Å². The van der Waals surface area contributed by atoms with E-state index in [1.165, 1.54) is 0 Å². The lowest BCUT2D eigenvalue weighted by atomic mass is 9.94. The van der Waals surface area contributed by atoms with Crippen molar-refractivity contribution in [2.45, 2.75) is 18.4 Å². The molecule has 1 aromatic heterocycles. The molecule has 1 saturated heterocycles. The maximum Gasteiger partial charge on any atom is 0.0863 e. The Labute approximate surface area is 112 Å². The first-order valence-electron chi connectivity index (χ1n) is 6.64. The van der Waals surface area contributed by atoms with Crippen LogP contribution in [0.3, 0.4) is 0 Å². The van der Waals surface area contributed by atoms with Crippen LogP contribution in [0.2, 0.25) is 0 Å². The van der Waals surface area contributed by atoms with Crippen LogP contribution >= 0.6 is 0 Å². The lowest BCUT2D eigenvalue weighted by Crippen LogP contribution is -2.42. The second-order valence-electron chi connectivity index (χ2n) is 5.10. The minimum Gasteiger partial charge on any atom is -0.388 e. The van der Waals surface area contributed by atoms with E-state index in [9.17, 15) is 5.11 Å². The molecular weight excluding hydrogens is 240 g/mol. The first-order chi connectivity index (χ1) is 9.25. The molecule has 4 nitrogen and oxygen atoms in total. The molecule has 0 unspecified atom stereocenters. The van der Waals surface area contributed by atoms with Gasteiger partial charge in [0.25, 0.3) is 0 Å². The minimum absolute atomic E-state index is 0.558. The van der Waals surface area contributed by atoms with Gasteiger partial charge in [-0.3, -0.25) is 4.98 Å². The van der Waals surface area contributed by atoms with Crippen LogP contribution < -0.4 is 5.32 Å². The number of nitrogens with one attached hydrogen (secondary N) is 1. The molecule has 1 aliphatic rings. The number of pyridine rings is 1. The summed E-state index contributed by atoms with van der Waals surface area (Å²) < 4.78 is 5.28. The lowest BCUT2D eigenvalue weighted by Gasteiger charge is -2.32. The topological polar surface area (TPSA) is 54.4 Å². The van der Waals surface area contributed by atoms with Crippen molar-refractivity contribution in [2.24, 2.45) is 0 Å². The number of hydrogen-bond acceptors (Lipinski definition) is 4. The monoisotopic (exact) mass is 258 g/mol. The molecule has 0 amide bonds. The Kier molecular flexibility index (Phi) is 3.36. The highest BCUT2D eigenvalue weighted by molar-refractivity contribution is 5.82. The van der Waals surface area contributed by atoms with Crippen molar-refractivity contribution in [1.82, 2.24) is 4.98 Å². The van der Waals surface area contributed by atoms with Gasteiger partial charge in [0, 0.05) is 49.9 Å². The van der Waals surface area contributed by atoms with E-state index < -0.39 is 5.60 Å². The number of aliphatic hydroxyl groups is 1. The van der Waals surface area contributed by atoms with Crippen LogP contribution in [-0.4, -0.2) is 35.5 Å². The van der Waals surface area contributed by atoms with Crippen molar-refractivity contribution >= 4 is 16.6 Å². The van der Waals surface area contributed by atoms with Crippen LogP contribution in [0.15, 0.2) is 36.5 Å². The summed E-state index contributed by atoms with van der Waals surface area (Å²) in [5, 5.41) is 14.8. The van der Waals surface area contributed by atoms with Crippen LogP contribution in [0, 0.1) is 0 Å². The van der Waals surface area contributed by atoms with Gasteiger partial charge in [-0.25, -0.2) is 0 Å². The summed E-state index contributed by atoms with van der Waals surface area (Å²) in [6.45, 7) is 1.84. The summed E-state index contributed by atoms with van der Waals surface area (Å²) in [5.41, 5.74) is 1.35. The minimum atomic E-state index is -0.651. The molecule has 1 fully saturated rings. The molecule has 0 aliphatic carbocycles. The van der Waals surface area contributed by atoms with E-state index in [2.05, 4.69) is 16.4 Å². The Hall–Kier alpha value is -1.65. The van der Waals surface area contributed by atoms with Gasteiger partial charge in [-0.1, -0.05) is 6.07 Å². The average molecular weight is 258 g/mol. The zero-order valence-corrected chi connectivity index (χ0v) is 10.8. The van der Waals surface area contributed by atoms with Gasteiger partial charge in [-0.05, 0) is 24.3 Å². The van der Waals surface area contributed by atoms with Crippen LogP contribution in [0.5, 0.6) is 0 Å². The van der Waals surface area contributed by atoms with E-state index in [0.717, 1.165) is 16.6 Å². The molecule has 3 rings (SSSR count). The second-order valence-corrected chi connectivity index (χ2v) is 5.10. The molecule has 0 radical (unpaired) electrons. The molecule has 0 bridgehead atoms. The third-order valence-electron chi connectivity index (χ3n) is 3.65. The predicted molar refractivity (Wildman–Crippen MR) is 75.2 cm³/mol. The molecule has 1 aliphatic heterocycles. The standard InChI is InChI=1S/C15H18N2O2/c18-15(5-8-19-9-6-15)11-17-13-3-4-14-12(10-13)2-1-7-16-14/h1-4,7,10,17-18H,5-6,8-9,11H2. The average Bonchev–Trinajstić information content (AvgIpc) is 2.46. The number of fused-ring (bicyclic) bond motifs is 1. The summed E-state index contributed by atoms with van der Waals surface area (Å²) in [6.07, 6.45) is 3.17. The maximum atomic E-state index is 10.4. The van der Waals surface area contributed by atoms with Crippen molar-refractivity contribution < 1.29 is 9.84 Å². The Balaban J connectivity index is 1.71. The third kappa shape index (κ3) is 2.85. The second kappa shape index (κ2) is 5.15. The summed E-state index contributed by atoms with van der Waals surface area (Å²) in [6, 6.07) is 10.0. The summed E-state index contributed by atoms with van der Waals surface area (Å²) >= 11 is 0. The van der Waals surface area contributed by atoms with Crippen molar-refractivity contribution in [1.29, 1.82) is 0 Å². The predicted octanol–water partition coefficient (Wildman–Crippen LogP) is 2.19. The number of nitrogens with zero attached hydrogens (tertiary/aromatic N) is 1. The molecule has 100 valence electrons. The fourth-order valence-corrected chi connectivity index (χ4v) is 2.38. The molecular formula is C15H18N2O2. The van der Waals surface area contributed by atoms with E-state index >= 15 is 0 Å². The largest absolute Gasteiger partial charge is 0.388 e. The molecule has 0 atom stereocenters. The van der Waals surface area contributed by atoms with Gasteiger partial charge in [-0.2, -0.15) is 0 Å². The van der Waals surface area contributed by atoms with Gasteiger partial charge < -0.3 is 15.2 Å². The molecule has 4 heteroatoms. The number of anilines is 1. The number of rotatable bonds is 3. The van der Waals surface area contributed by atoms with Gasteiger partial charge in [0.15, 0.2) is 0 Å². The zero-order valence-electron chi connectivity index (χ0n) is 10.8. The van der Waals surface area contributed by atoms with Gasteiger partial charge >= 0.3 is 0 Å². The smallest absolute Gasteiger partial charge is 0.0863 e. The maximum absolute atomic E-state index is 10.4. The normalized spacial score (nSPS) is 18.4. The van der Waals surface area contributed by atoms with Crippen molar-refractivity contribution in [2.75, 3.05) is 25.1 Å². The third-order valence-corrected chi connectivity index (χ3v) is 3.65. The van der Waals surface area contributed by atoms with E-state index in [1.807, 2.05) is 24.3 Å². The summed E-state index contributed by atoms with van der Waals surface area (Å²) in [5.74, 6) is 0. The fraction of sp³-hybridized carbons (Fsp3) is 0.400. The first-order valence-corrected chi connectivity index (χ1v) is 6.64. The van der Waals surface area contributed by atoms with Crippen LogP contribution in [0.25, 0.3) is 10.9 Å². The Bertz CT molecular complexity index is 565. The van der Waals surface area contributed by atoms with E-state index in [-0.39, 0.29) is 0 Å². The van der Waals surface area contributed by atoms with Crippen molar-refractivity contribution in [3.05, 3.63) is 36.5 Å². The molecule has 2 N–H and O–H groups in total. The van der Waals surface area contributed by atoms with E-state index in [0.29, 0.717) is 32.6 Å². The van der Waals surface area contributed by atoms with E-state index in [1.54, 1.807) is 6.20 Å². The molecule has 2 aromatic rings. The Morgan fingerprint density at radius 3 is 2.95 bits per heavy atom. The van der Waals surface area contributed by atoms with E-state index in [4.69, 9.17) is 4.74 Å². The van der Waals surface area contributed by atoms with Gasteiger partial charge in [0.1, 0.15) is 0 Å².